The van der Waals surface area contributed by atoms with Crippen LogP contribution in [0.2, 0.25) is 5.02 Å². The second kappa shape index (κ2) is 6.13. The van der Waals surface area contributed by atoms with Crippen molar-refractivity contribution in [2.45, 2.75) is 11.4 Å². The fraction of sp³-hybridized carbons (Fsp3) is 0.0769. The Balaban J connectivity index is 2.25. The second-order valence-corrected chi connectivity index (χ2v) is 7.11. The van der Waals surface area contributed by atoms with E-state index in [0.717, 1.165) is 5.56 Å². The first kappa shape index (κ1) is 15.3. The van der Waals surface area contributed by atoms with E-state index in [2.05, 4.69) is 20.7 Å². The molecule has 0 aliphatic heterocycles. The zero-order chi connectivity index (χ0) is 14.8. The van der Waals surface area contributed by atoms with E-state index in [4.69, 9.17) is 17.3 Å². The largest absolute Gasteiger partial charge is 0.397 e. The van der Waals surface area contributed by atoms with Crippen molar-refractivity contribution in [1.29, 1.82) is 0 Å². The Morgan fingerprint density at radius 3 is 2.50 bits per heavy atom. The summed E-state index contributed by atoms with van der Waals surface area (Å²) in [5.74, 6) is 0. The summed E-state index contributed by atoms with van der Waals surface area (Å²) in [5.41, 5.74) is 6.81. The third-order valence-electron chi connectivity index (χ3n) is 2.65. The molecule has 0 spiro atoms. The lowest BCUT2D eigenvalue weighted by atomic mass is 10.2. The standard InChI is InChI=1S/C13H12BrClN2O2S/c14-10-6-12(16)11(15)7-13(10)20(18,19)17-8-9-4-2-1-3-5-9/h1-7,17H,8,16H2. The monoisotopic (exact) mass is 374 g/mol. The van der Waals surface area contributed by atoms with E-state index in [0.29, 0.717) is 10.2 Å². The molecule has 106 valence electrons. The summed E-state index contributed by atoms with van der Waals surface area (Å²) in [6.45, 7) is 0.206. The van der Waals surface area contributed by atoms with E-state index < -0.39 is 10.0 Å². The minimum atomic E-state index is -3.67. The van der Waals surface area contributed by atoms with Crippen molar-refractivity contribution < 1.29 is 8.42 Å². The molecule has 2 aromatic rings. The molecule has 7 heteroatoms. The number of rotatable bonds is 4. The molecular formula is C13H12BrClN2O2S. The molecule has 2 aromatic carbocycles. The zero-order valence-corrected chi connectivity index (χ0v) is 13.5. The van der Waals surface area contributed by atoms with Crippen LogP contribution in [0.15, 0.2) is 51.8 Å². The van der Waals surface area contributed by atoms with E-state index in [9.17, 15) is 8.42 Å². The summed E-state index contributed by atoms with van der Waals surface area (Å²) in [6, 6.07) is 12.0. The Hall–Kier alpha value is -1.08. The molecule has 0 aliphatic rings. The number of nitrogens with two attached hydrogens (primary N) is 1. The maximum absolute atomic E-state index is 12.2. The van der Waals surface area contributed by atoms with Crippen LogP contribution in [0.4, 0.5) is 5.69 Å². The molecule has 0 bridgehead atoms. The van der Waals surface area contributed by atoms with Crippen molar-refractivity contribution in [2.75, 3.05) is 5.73 Å². The van der Waals surface area contributed by atoms with Crippen molar-refractivity contribution in [3.8, 4) is 0 Å². The summed E-state index contributed by atoms with van der Waals surface area (Å²) in [5, 5.41) is 0.202. The van der Waals surface area contributed by atoms with Gasteiger partial charge in [0, 0.05) is 11.0 Å². The minimum absolute atomic E-state index is 0.0626. The smallest absolute Gasteiger partial charge is 0.242 e. The SMILES string of the molecule is Nc1cc(Br)c(S(=O)(=O)NCc2ccccc2)cc1Cl. The number of benzene rings is 2. The molecule has 0 fully saturated rings. The highest BCUT2D eigenvalue weighted by Crippen LogP contribution is 2.30. The van der Waals surface area contributed by atoms with Crippen LogP contribution in [0, 0.1) is 0 Å². The molecule has 2 rings (SSSR count). The number of nitrogen functional groups attached to an aromatic ring is 1. The summed E-state index contributed by atoms with van der Waals surface area (Å²) in [6.07, 6.45) is 0. The Morgan fingerprint density at radius 1 is 1.20 bits per heavy atom. The second-order valence-electron chi connectivity index (χ2n) is 4.11. The zero-order valence-electron chi connectivity index (χ0n) is 10.3. The fourth-order valence-corrected chi connectivity index (χ4v) is 3.93. The number of halogens is 2. The quantitative estimate of drug-likeness (QED) is 0.806. The van der Waals surface area contributed by atoms with Crippen LogP contribution in [-0.4, -0.2) is 8.42 Å². The van der Waals surface area contributed by atoms with Crippen LogP contribution in [0.25, 0.3) is 0 Å². The number of sulfonamides is 1. The minimum Gasteiger partial charge on any atom is -0.397 e. The third kappa shape index (κ3) is 3.52. The maximum atomic E-state index is 12.2. The molecule has 0 heterocycles. The lowest BCUT2D eigenvalue weighted by Gasteiger charge is -2.10. The van der Waals surface area contributed by atoms with Gasteiger partial charge in [-0.2, -0.15) is 0 Å². The summed E-state index contributed by atoms with van der Waals surface area (Å²) < 4.78 is 27.4. The average Bonchev–Trinajstić information content (AvgIpc) is 2.42. The fourth-order valence-electron chi connectivity index (χ4n) is 1.60. The molecule has 20 heavy (non-hydrogen) atoms. The Morgan fingerprint density at radius 2 is 1.85 bits per heavy atom. The summed E-state index contributed by atoms with van der Waals surface area (Å²) in [7, 11) is -3.67. The van der Waals surface area contributed by atoms with E-state index >= 15 is 0 Å². The van der Waals surface area contributed by atoms with Gasteiger partial charge in [-0.25, -0.2) is 13.1 Å². The van der Waals surface area contributed by atoms with Gasteiger partial charge in [0.2, 0.25) is 10.0 Å². The predicted octanol–water partition coefficient (Wildman–Crippen LogP) is 3.16. The van der Waals surface area contributed by atoms with Crippen molar-refractivity contribution in [3.05, 3.63) is 57.5 Å². The van der Waals surface area contributed by atoms with E-state index in [-0.39, 0.29) is 16.5 Å². The predicted molar refractivity (Wildman–Crippen MR) is 84.0 cm³/mol. The van der Waals surface area contributed by atoms with E-state index in [1.54, 1.807) is 0 Å². The van der Waals surface area contributed by atoms with Gasteiger partial charge in [0.25, 0.3) is 0 Å². The number of anilines is 1. The first-order valence-corrected chi connectivity index (χ1v) is 8.33. The number of hydrogen-bond acceptors (Lipinski definition) is 3. The van der Waals surface area contributed by atoms with E-state index in [1.807, 2.05) is 30.3 Å². The summed E-state index contributed by atoms with van der Waals surface area (Å²) in [4.78, 5) is 0.0626. The highest BCUT2D eigenvalue weighted by Gasteiger charge is 2.19. The van der Waals surface area contributed by atoms with Crippen molar-refractivity contribution in [3.63, 3.8) is 0 Å². The molecule has 0 atom stereocenters. The van der Waals surface area contributed by atoms with Gasteiger partial charge < -0.3 is 5.73 Å². The number of nitrogens with one attached hydrogen (secondary N) is 1. The lowest BCUT2D eigenvalue weighted by molar-refractivity contribution is 0.581. The van der Waals surface area contributed by atoms with E-state index in [1.165, 1.54) is 12.1 Å². The Labute approximate surface area is 131 Å². The van der Waals surface area contributed by atoms with Gasteiger partial charge in [0.15, 0.2) is 0 Å². The van der Waals surface area contributed by atoms with Crippen LogP contribution in [0.3, 0.4) is 0 Å². The van der Waals surface area contributed by atoms with Crippen LogP contribution < -0.4 is 10.5 Å². The molecule has 0 radical (unpaired) electrons. The van der Waals surface area contributed by atoms with Crippen molar-refractivity contribution in [1.82, 2.24) is 4.72 Å². The number of hydrogen-bond donors (Lipinski definition) is 2. The normalized spacial score (nSPS) is 11.5. The molecule has 0 saturated heterocycles. The van der Waals surface area contributed by atoms with Crippen LogP contribution in [0.1, 0.15) is 5.56 Å². The van der Waals surface area contributed by atoms with Gasteiger partial charge in [-0.15, -0.1) is 0 Å². The van der Waals surface area contributed by atoms with Gasteiger partial charge in [0.1, 0.15) is 0 Å². The first-order valence-electron chi connectivity index (χ1n) is 5.68. The van der Waals surface area contributed by atoms with Crippen molar-refractivity contribution in [2.24, 2.45) is 0 Å². The topological polar surface area (TPSA) is 72.2 Å². The van der Waals surface area contributed by atoms with Gasteiger partial charge in [-0.3, -0.25) is 0 Å². The average molecular weight is 376 g/mol. The van der Waals surface area contributed by atoms with Gasteiger partial charge in [-0.05, 0) is 33.6 Å². The molecular weight excluding hydrogens is 364 g/mol. The molecule has 0 aliphatic carbocycles. The molecule has 3 N–H and O–H groups in total. The van der Waals surface area contributed by atoms with Crippen LogP contribution in [0.5, 0.6) is 0 Å². The third-order valence-corrected chi connectivity index (χ3v) is 5.34. The Bertz CT molecular complexity index is 721. The van der Waals surface area contributed by atoms with Crippen LogP contribution in [-0.2, 0) is 16.6 Å². The highest BCUT2D eigenvalue weighted by atomic mass is 79.9. The lowest BCUT2D eigenvalue weighted by Crippen LogP contribution is -2.23. The first-order chi connectivity index (χ1) is 9.40. The Kier molecular flexibility index (Phi) is 4.70. The van der Waals surface area contributed by atoms with Crippen LogP contribution >= 0.6 is 27.5 Å². The van der Waals surface area contributed by atoms with Gasteiger partial charge in [-0.1, -0.05) is 41.9 Å². The molecule has 0 unspecified atom stereocenters. The summed E-state index contributed by atoms with van der Waals surface area (Å²) >= 11 is 9.06. The molecule has 0 aromatic heterocycles. The molecule has 4 nitrogen and oxygen atoms in total. The highest BCUT2D eigenvalue weighted by molar-refractivity contribution is 9.10. The maximum Gasteiger partial charge on any atom is 0.242 e. The molecule has 0 amide bonds. The molecule has 0 saturated carbocycles. The van der Waals surface area contributed by atoms with Gasteiger partial charge in [0.05, 0.1) is 15.6 Å². The van der Waals surface area contributed by atoms with Gasteiger partial charge >= 0.3 is 0 Å². The van der Waals surface area contributed by atoms with Crippen molar-refractivity contribution >= 4 is 43.2 Å².